The van der Waals surface area contributed by atoms with Crippen molar-refractivity contribution in [2.45, 2.75) is 19.4 Å². The lowest BCUT2D eigenvalue weighted by molar-refractivity contribution is 1.02. The molecule has 0 aliphatic heterocycles. The van der Waals surface area contributed by atoms with Gasteiger partial charge in [0, 0.05) is 17.7 Å². The number of hydrogen-bond donors (Lipinski definition) is 2. The van der Waals surface area contributed by atoms with Crippen LogP contribution < -0.4 is 5.73 Å². The van der Waals surface area contributed by atoms with Crippen molar-refractivity contribution in [1.82, 2.24) is 10.2 Å². The summed E-state index contributed by atoms with van der Waals surface area (Å²) in [4.78, 5) is 4.26. The van der Waals surface area contributed by atoms with E-state index in [4.69, 9.17) is 5.73 Å². The molecule has 1 aliphatic rings. The molecular weight excluding hydrogens is 152 g/mol. The van der Waals surface area contributed by atoms with E-state index in [1.807, 2.05) is 6.20 Å². The number of aromatic amines is 1. The summed E-state index contributed by atoms with van der Waals surface area (Å²) in [5.74, 6) is 1.37. The van der Waals surface area contributed by atoms with Crippen molar-refractivity contribution in [2.24, 2.45) is 16.6 Å². The van der Waals surface area contributed by atoms with Gasteiger partial charge in [0.05, 0.1) is 18.6 Å². The molecule has 0 radical (unpaired) electrons. The van der Waals surface area contributed by atoms with Crippen LogP contribution in [0.2, 0.25) is 0 Å². The second-order valence-electron chi connectivity index (χ2n) is 3.12. The van der Waals surface area contributed by atoms with Crippen LogP contribution >= 0.6 is 0 Å². The standard InChI is InChI=1S/C8H12N4/c9-8(7-1-2-7)10-3-6-4-11-12-5-6/h4-5,7H,1-3H2,(H2,9,10)(H,11,12). The Morgan fingerprint density at radius 2 is 2.58 bits per heavy atom. The molecule has 1 aliphatic carbocycles. The first-order valence-corrected chi connectivity index (χ1v) is 4.14. The summed E-state index contributed by atoms with van der Waals surface area (Å²) in [6.07, 6.45) is 6.02. The minimum absolute atomic E-state index is 0.567. The van der Waals surface area contributed by atoms with Crippen molar-refractivity contribution >= 4 is 5.84 Å². The van der Waals surface area contributed by atoms with E-state index in [0.29, 0.717) is 12.5 Å². The topological polar surface area (TPSA) is 67.1 Å². The van der Waals surface area contributed by atoms with Gasteiger partial charge in [-0.2, -0.15) is 5.10 Å². The van der Waals surface area contributed by atoms with Gasteiger partial charge in [-0.1, -0.05) is 0 Å². The molecule has 0 atom stereocenters. The molecule has 3 N–H and O–H groups in total. The molecule has 0 unspecified atom stereocenters. The fraction of sp³-hybridized carbons (Fsp3) is 0.500. The molecule has 1 heterocycles. The Kier molecular flexibility index (Phi) is 1.81. The van der Waals surface area contributed by atoms with Gasteiger partial charge in [-0.3, -0.25) is 10.1 Å². The average molecular weight is 164 g/mol. The normalized spacial score (nSPS) is 18.2. The molecule has 4 nitrogen and oxygen atoms in total. The van der Waals surface area contributed by atoms with Gasteiger partial charge >= 0.3 is 0 Å². The van der Waals surface area contributed by atoms with E-state index in [2.05, 4.69) is 15.2 Å². The highest BCUT2D eigenvalue weighted by Gasteiger charge is 2.25. The zero-order valence-electron chi connectivity index (χ0n) is 6.83. The van der Waals surface area contributed by atoms with E-state index in [0.717, 1.165) is 11.4 Å². The first-order chi connectivity index (χ1) is 5.86. The highest BCUT2D eigenvalue weighted by atomic mass is 15.1. The third kappa shape index (κ3) is 1.64. The molecule has 64 valence electrons. The van der Waals surface area contributed by atoms with Crippen LogP contribution in [0.5, 0.6) is 0 Å². The van der Waals surface area contributed by atoms with Gasteiger partial charge in [0.1, 0.15) is 0 Å². The third-order valence-corrected chi connectivity index (χ3v) is 1.99. The van der Waals surface area contributed by atoms with Gasteiger partial charge in [0.25, 0.3) is 0 Å². The van der Waals surface area contributed by atoms with Crippen LogP contribution in [0.3, 0.4) is 0 Å². The van der Waals surface area contributed by atoms with E-state index >= 15 is 0 Å². The maximum atomic E-state index is 5.71. The summed E-state index contributed by atoms with van der Waals surface area (Å²) >= 11 is 0. The molecule has 0 spiro atoms. The molecule has 0 saturated heterocycles. The monoisotopic (exact) mass is 164 g/mol. The van der Waals surface area contributed by atoms with E-state index in [1.165, 1.54) is 12.8 Å². The summed E-state index contributed by atoms with van der Waals surface area (Å²) in [5.41, 5.74) is 6.80. The summed E-state index contributed by atoms with van der Waals surface area (Å²) in [6.45, 7) is 0.652. The molecule has 12 heavy (non-hydrogen) atoms. The smallest absolute Gasteiger partial charge is 0.0972 e. The predicted molar refractivity (Wildman–Crippen MR) is 46.6 cm³/mol. The molecule has 2 rings (SSSR count). The van der Waals surface area contributed by atoms with E-state index in [1.54, 1.807) is 6.20 Å². The Hall–Kier alpha value is -1.32. The Labute approximate surface area is 70.9 Å². The minimum Gasteiger partial charge on any atom is -0.387 e. The molecule has 0 bridgehead atoms. The van der Waals surface area contributed by atoms with Crippen LogP contribution in [-0.4, -0.2) is 16.0 Å². The molecule has 1 saturated carbocycles. The predicted octanol–water partition coefficient (Wildman–Crippen LogP) is 0.677. The van der Waals surface area contributed by atoms with Crippen LogP contribution in [-0.2, 0) is 6.54 Å². The number of hydrogen-bond acceptors (Lipinski definition) is 2. The molecule has 4 heteroatoms. The second-order valence-corrected chi connectivity index (χ2v) is 3.12. The van der Waals surface area contributed by atoms with Crippen LogP contribution in [0.15, 0.2) is 17.4 Å². The number of amidine groups is 1. The zero-order chi connectivity index (χ0) is 8.39. The van der Waals surface area contributed by atoms with Crippen molar-refractivity contribution in [1.29, 1.82) is 0 Å². The zero-order valence-corrected chi connectivity index (χ0v) is 6.83. The average Bonchev–Trinajstić information content (AvgIpc) is 2.80. The Morgan fingerprint density at radius 1 is 1.75 bits per heavy atom. The maximum absolute atomic E-state index is 5.71. The van der Waals surface area contributed by atoms with Gasteiger partial charge < -0.3 is 5.73 Å². The SMILES string of the molecule is NC(=NCc1cn[nH]c1)C1CC1. The number of nitrogens with zero attached hydrogens (tertiary/aromatic N) is 2. The number of rotatable bonds is 3. The lowest BCUT2D eigenvalue weighted by Gasteiger charge is -1.94. The summed E-state index contributed by atoms with van der Waals surface area (Å²) in [5, 5.41) is 6.56. The van der Waals surface area contributed by atoms with Crippen molar-refractivity contribution in [3.8, 4) is 0 Å². The number of nitrogens with one attached hydrogen (secondary N) is 1. The molecule has 0 aromatic carbocycles. The molecular formula is C8H12N4. The Balaban J connectivity index is 1.91. The van der Waals surface area contributed by atoms with E-state index in [-0.39, 0.29) is 0 Å². The minimum atomic E-state index is 0.567. The van der Waals surface area contributed by atoms with Crippen LogP contribution in [0.4, 0.5) is 0 Å². The lowest BCUT2D eigenvalue weighted by atomic mass is 10.3. The van der Waals surface area contributed by atoms with Gasteiger partial charge in [-0.05, 0) is 12.8 Å². The molecule has 1 aromatic heterocycles. The second kappa shape index (κ2) is 2.97. The first-order valence-electron chi connectivity index (χ1n) is 4.14. The largest absolute Gasteiger partial charge is 0.387 e. The van der Waals surface area contributed by atoms with Gasteiger partial charge in [0.15, 0.2) is 0 Å². The Bertz CT molecular complexity index is 271. The summed E-state index contributed by atoms with van der Waals surface area (Å²) in [7, 11) is 0. The lowest BCUT2D eigenvalue weighted by Crippen LogP contribution is -2.13. The summed E-state index contributed by atoms with van der Waals surface area (Å²) < 4.78 is 0. The maximum Gasteiger partial charge on any atom is 0.0972 e. The fourth-order valence-corrected chi connectivity index (χ4v) is 1.05. The number of H-pyrrole nitrogens is 1. The van der Waals surface area contributed by atoms with Crippen molar-refractivity contribution in [3.05, 3.63) is 18.0 Å². The summed E-state index contributed by atoms with van der Waals surface area (Å²) in [6, 6.07) is 0. The highest BCUT2D eigenvalue weighted by molar-refractivity contribution is 5.84. The molecule has 1 aromatic rings. The van der Waals surface area contributed by atoms with E-state index in [9.17, 15) is 0 Å². The highest BCUT2D eigenvalue weighted by Crippen LogP contribution is 2.28. The van der Waals surface area contributed by atoms with Gasteiger partial charge in [0.2, 0.25) is 0 Å². The number of nitrogens with two attached hydrogens (primary N) is 1. The molecule has 1 fully saturated rings. The van der Waals surface area contributed by atoms with Crippen LogP contribution in [0, 0.1) is 5.92 Å². The number of aromatic nitrogens is 2. The number of aliphatic imine (C=N–C) groups is 1. The fourth-order valence-electron chi connectivity index (χ4n) is 1.05. The van der Waals surface area contributed by atoms with E-state index < -0.39 is 0 Å². The quantitative estimate of drug-likeness (QED) is 0.509. The van der Waals surface area contributed by atoms with Crippen LogP contribution in [0.1, 0.15) is 18.4 Å². The van der Waals surface area contributed by atoms with Crippen molar-refractivity contribution < 1.29 is 0 Å². The first kappa shape index (κ1) is 7.34. The van der Waals surface area contributed by atoms with Crippen molar-refractivity contribution in [2.75, 3.05) is 0 Å². The van der Waals surface area contributed by atoms with Gasteiger partial charge in [-0.25, -0.2) is 0 Å². The van der Waals surface area contributed by atoms with Crippen LogP contribution in [0.25, 0.3) is 0 Å². The Morgan fingerprint density at radius 3 is 3.17 bits per heavy atom. The van der Waals surface area contributed by atoms with Gasteiger partial charge in [-0.15, -0.1) is 0 Å². The third-order valence-electron chi connectivity index (χ3n) is 1.99. The molecule has 0 amide bonds. The van der Waals surface area contributed by atoms with Crippen molar-refractivity contribution in [3.63, 3.8) is 0 Å².